The van der Waals surface area contributed by atoms with E-state index in [1.54, 1.807) is 18.0 Å². The van der Waals surface area contributed by atoms with Crippen molar-refractivity contribution in [2.45, 2.75) is 38.5 Å². The Morgan fingerprint density at radius 2 is 2.21 bits per heavy atom. The lowest BCUT2D eigenvalue weighted by molar-refractivity contribution is -0.0221. The number of ether oxygens (including phenoxy) is 1. The van der Waals surface area contributed by atoms with Crippen LogP contribution in [0.25, 0.3) is 0 Å². The van der Waals surface area contributed by atoms with Gasteiger partial charge in [0.15, 0.2) is 0 Å². The summed E-state index contributed by atoms with van der Waals surface area (Å²) in [6.45, 7) is 3.58. The van der Waals surface area contributed by atoms with E-state index in [-0.39, 0.29) is 6.10 Å². The van der Waals surface area contributed by atoms with Crippen molar-refractivity contribution in [3.63, 3.8) is 0 Å². The minimum Gasteiger partial charge on any atom is -0.384 e. The molecule has 2 atom stereocenters. The molecule has 1 aromatic rings. The van der Waals surface area contributed by atoms with E-state index in [4.69, 9.17) is 16.3 Å². The number of methoxy groups -OCH3 is 1. The van der Waals surface area contributed by atoms with Gasteiger partial charge < -0.3 is 14.7 Å². The number of aliphatic hydroxyl groups is 1. The Morgan fingerprint density at radius 3 is 2.74 bits per heavy atom. The first-order chi connectivity index (χ1) is 9.01. The van der Waals surface area contributed by atoms with Gasteiger partial charge in [-0.25, -0.2) is 0 Å². The summed E-state index contributed by atoms with van der Waals surface area (Å²) < 4.78 is 7.11. The second-order valence-electron chi connectivity index (χ2n) is 4.91. The summed E-state index contributed by atoms with van der Waals surface area (Å²) in [5, 5.41) is 15.2. The van der Waals surface area contributed by atoms with Crippen molar-refractivity contribution >= 4 is 11.6 Å². The van der Waals surface area contributed by atoms with Crippen LogP contribution in [0.4, 0.5) is 0 Å². The summed E-state index contributed by atoms with van der Waals surface area (Å²) in [4.78, 5) is 2.06. The Balaban J connectivity index is 2.87. The van der Waals surface area contributed by atoms with Crippen molar-refractivity contribution < 1.29 is 9.84 Å². The fraction of sp³-hybridized carbons (Fsp3) is 0.769. The third-order valence-corrected chi connectivity index (χ3v) is 3.39. The predicted octanol–water partition coefficient (Wildman–Crippen LogP) is 1.95. The number of likely N-dealkylation sites (N-methyl/N-ethyl adjacent to an activating group) is 1. The number of aliphatic hydroxyl groups excluding tert-OH is 1. The first kappa shape index (κ1) is 16.4. The van der Waals surface area contributed by atoms with Gasteiger partial charge in [-0.3, -0.25) is 4.68 Å². The standard InChI is InChI=1S/C13H24ClN3O2/c1-5-6-11(19-4)13(18)12-10(14)9-15-17(12)8-7-16(2)3/h9,11,13,18H,5-8H2,1-4H3. The average Bonchev–Trinajstić information content (AvgIpc) is 2.74. The monoisotopic (exact) mass is 289 g/mol. The maximum Gasteiger partial charge on any atom is 0.123 e. The molecule has 0 spiro atoms. The number of aromatic nitrogens is 2. The summed E-state index contributed by atoms with van der Waals surface area (Å²) in [5.41, 5.74) is 0.642. The van der Waals surface area contributed by atoms with Gasteiger partial charge in [0.1, 0.15) is 6.10 Å². The van der Waals surface area contributed by atoms with Crippen molar-refractivity contribution in [2.75, 3.05) is 27.7 Å². The van der Waals surface area contributed by atoms with E-state index < -0.39 is 6.10 Å². The molecule has 0 aliphatic rings. The normalized spacial score (nSPS) is 14.9. The Morgan fingerprint density at radius 1 is 1.53 bits per heavy atom. The van der Waals surface area contributed by atoms with Gasteiger partial charge in [-0.2, -0.15) is 5.10 Å². The van der Waals surface area contributed by atoms with Crippen LogP contribution in [0.15, 0.2) is 6.20 Å². The molecule has 110 valence electrons. The molecule has 5 nitrogen and oxygen atoms in total. The molecule has 1 rings (SSSR count). The van der Waals surface area contributed by atoms with E-state index in [0.717, 1.165) is 19.4 Å². The fourth-order valence-corrected chi connectivity index (χ4v) is 2.26. The SMILES string of the molecule is CCCC(OC)C(O)c1c(Cl)cnn1CCN(C)C. The molecule has 0 fully saturated rings. The van der Waals surface area contributed by atoms with Gasteiger partial charge in [0.05, 0.1) is 29.6 Å². The first-order valence-electron chi connectivity index (χ1n) is 6.58. The van der Waals surface area contributed by atoms with Crippen LogP contribution in [0.5, 0.6) is 0 Å². The summed E-state index contributed by atoms with van der Waals surface area (Å²) in [7, 11) is 5.60. The van der Waals surface area contributed by atoms with E-state index in [2.05, 4.69) is 16.9 Å². The third-order valence-electron chi connectivity index (χ3n) is 3.10. The molecular weight excluding hydrogens is 266 g/mol. The molecule has 0 saturated carbocycles. The fourth-order valence-electron chi connectivity index (χ4n) is 2.00. The Kier molecular flexibility index (Phi) is 6.79. The number of hydrogen-bond acceptors (Lipinski definition) is 4. The van der Waals surface area contributed by atoms with Crippen molar-refractivity contribution in [2.24, 2.45) is 0 Å². The lowest BCUT2D eigenvalue weighted by Gasteiger charge is -2.23. The van der Waals surface area contributed by atoms with E-state index in [0.29, 0.717) is 17.3 Å². The van der Waals surface area contributed by atoms with Crippen LogP contribution in [0, 0.1) is 0 Å². The van der Waals surface area contributed by atoms with Crippen molar-refractivity contribution in [1.29, 1.82) is 0 Å². The zero-order valence-corrected chi connectivity index (χ0v) is 12.9. The van der Waals surface area contributed by atoms with E-state index in [1.807, 2.05) is 14.1 Å². The minimum atomic E-state index is -0.748. The van der Waals surface area contributed by atoms with Crippen LogP contribution in [0.1, 0.15) is 31.6 Å². The zero-order chi connectivity index (χ0) is 14.4. The lowest BCUT2D eigenvalue weighted by Crippen LogP contribution is -2.26. The highest BCUT2D eigenvalue weighted by Crippen LogP contribution is 2.28. The molecule has 0 aliphatic carbocycles. The molecule has 0 radical (unpaired) electrons. The van der Waals surface area contributed by atoms with Crippen LogP contribution < -0.4 is 0 Å². The lowest BCUT2D eigenvalue weighted by atomic mass is 10.1. The quantitative estimate of drug-likeness (QED) is 0.795. The van der Waals surface area contributed by atoms with Crippen LogP contribution in [0.2, 0.25) is 5.02 Å². The van der Waals surface area contributed by atoms with Crippen LogP contribution in [-0.4, -0.2) is 53.6 Å². The third kappa shape index (κ3) is 4.45. The highest BCUT2D eigenvalue weighted by molar-refractivity contribution is 6.31. The minimum absolute atomic E-state index is 0.252. The number of hydrogen-bond donors (Lipinski definition) is 1. The van der Waals surface area contributed by atoms with E-state index in [9.17, 15) is 5.11 Å². The smallest absolute Gasteiger partial charge is 0.123 e. The van der Waals surface area contributed by atoms with Gasteiger partial charge in [-0.1, -0.05) is 24.9 Å². The zero-order valence-electron chi connectivity index (χ0n) is 12.1. The Hall–Kier alpha value is -0.620. The highest BCUT2D eigenvalue weighted by Gasteiger charge is 2.26. The van der Waals surface area contributed by atoms with Crippen LogP contribution in [-0.2, 0) is 11.3 Å². The second-order valence-corrected chi connectivity index (χ2v) is 5.32. The van der Waals surface area contributed by atoms with E-state index >= 15 is 0 Å². The molecule has 2 unspecified atom stereocenters. The van der Waals surface area contributed by atoms with Gasteiger partial charge >= 0.3 is 0 Å². The molecule has 1 aromatic heterocycles. The maximum absolute atomic E-state index is 10.4. The summed E-state index contributed by atoms with van der Waals surface area (Å²) in [5.74, 6) is 0. The average molecular weight is 290 g/mol. The van der Waals surface area contributed by atoms with Gasteiger partial charge in [0.25, 0.3) is 0 Å². The Bertz CT molecular complexity index is 382. The van der Waals surface area contributed by atoms with Crippen molar-refractivity contribution in [3.8, 4) is 0 Å². The molecule has 1 heterocycles. The Labute approximate surface area is 120 Å². The largest absolute Gasteiger partial charge is 0.384 e. The number of halogens is 1. The van der Waals surface area contributed by atoms with Crippen molar-refractivity contribution in [1.82, 2.24) is 14.7 Å². The molecule has 0 aromatic carbocycles. The molecule has 6 heteroatoms. The number of nitrogens with zero attached hydrogens (tertiary/aromatic N) is 3. The molecule has 0 aliphatic heterocycles. The van der Waals surface area contributed by atoms with Gasteiger partial charge in [0.2, 0.25) is 0 Å². The molecular formula is C13H24ClN3O2. The molecule has 0 amide bonds. The van der Waals surface area contributed by atoms with Crippen molar-refractivity contribution in [3.05, 3.63) is 16.9 Å². The molecule has 0 saturated heterocycles. The molecule has 19 heavy (non-hydrogen) atoms. The predicted molar refractivity (Wildman–Crippen MR) is 76.5 cm³/mol. The first-order valence-corrected chi connectivity index (χ1v) is 6.95. The van der Waals surface area contributed by atoms with Gasteiger partial charge in [-0.05, 0) is 20.5 Å². The molecule has 0 bridgehead atoms. The topological polar surface area (TPSA) is 50.5 Å². The van der Waals surface area contributed by atoms with E-state index in [1.165, 1.54) is 0 Å². The maximum atomic E-state index is 10.4. The van der Waals surface area contributed by atoms with Crippen LogP contribution in [0.3, 0.4) is 0 Å². The van der Waals surface area contributed by atoms with Crippen LogP contribution >= 0.6 is 11.6 Å². The summed E-state index contributed by atoms with van der Waals surface area (Å²) in [6.07, 6.45) is 2.31. The summed E-state index contributed by atoms with van der Waals surface area (Å²) in [6, 6.07) is 0. The summed E-state index contributed by atoms with van der Waals surface area (Å²) >= 11 is 6.14. The molecule has 1 N–H and O–H groups in total. The second kappa shape index (κ2) is 7.85. The number of rotatable bonds is 8. The highest BCUT2D eigenvalue weighted by atomic mass is 35.5. The van der Waals surface area contributed by atoms with Gasteiger partial charge in [-0.15, -0.1) is 0 Å². The van der Waals surface area contributed by atoms with Gasteiger partial charge in [0, 0.05) is 13.7 Å².